The molecule has 1 heterocycles. The minimum absolute atomic E-state index is 0.442. The number of anilines is 1. The molecule has 1 aromatic heterocycles. The first-order valence-electron chi connectivity index (χ1n) is 5.70. The first-order valence-corrected chi connectivity index (χ1v) is 6.75. The van der Waals surface area contributed by atoms with Crippen LogP contribution in [0.25, 0.3) is 0 Å². The Morgan fingerprint density at radius 3 is 2.44 bits per heavy atom. The molecule has 0 bridgehead atoms. The monoisotopic (exact) mass is 239 g/mol. The average Bonchev–Trinajstić information content (AvgIpc) is 2.25. The second-order valence-corrected chi connectivity index (χ2v) is 5.92. The number of nitrogens with one attached hydrogen (secondary N) is 1. The summed E-state index contributed by atoms with van der Waals surface area (Å²) >= 11 is 1.87. The van der Waals surface area contributed by atoms with E-state index in [0.29, 0.717) is 11.2 Å². The van der Waals surface area contributed by atoms with Gasteiger partial charge in [0.2, 0.25) is 0 Å². The van der Waals surface area contributed by atoms with E-state index < -0.39 is 0 Å². The van der Waals surface area contributed by atoms with Crippen LogP contribution in [0, 0.1) is 0 Å². The van der Waals surface area contributed by atoms with Gasteiger partial charge >= 0.3 is 0 Å². The van der Waals surface area contributed by atoms with Gasteiger partial charge in [-0.05, 0) is 11.2 Å². The summed E-state index contributed by atoms with van der Waals surface area (Å²) in [4.78, 5) is 9.04. The van der Waals surface area contributed by atoms with Gasteiger partial charge in [-0.25, -0.2) is 9.97 Å². The summed E-state index contributed by atoms with van der Waals surface area (Å²) in [6.07, 6.45) is 0. The largest absolute Gasteiger partial charge is 0.373 e. The lowest BCUT2D eigenvalue weighted by atomic mass is 10.1. The third-order valence-corrected chi connectivity index (χ3v) is 3.28. The molecule has 0 spiro atoms. The van der Waals surface area contributed by atoms with E-state index in [1.165, 1.54) is 0 Å². The topological polar surface area (TPSA) is 37.8 Å². The molecule has 0 atom stereocenters. The van der Waals surface area contributed by atoms with Crippen LogP contribution in [-0.4, -0.2) is 22.3 Å². The maximum atomic E-state index is 4.58. The van der Waals surface area contributed by atoms with E-state index in [0.717, 1.165) is 23.1 Å². The normalized spacial score (nSPS) is 11.2. The molecule has 0 aliphatic carbocycles. The van der Waals surface area contributed by atoms with E-state index in [1.807, 2.05) is 24.9 Å². The summed E-state index contributed by atoms with van der Waals surface area (Å²) in [5.41, 5.74) is 1.11. The summed E-state index contributed by atoms with van der Waals surface area (Å²) in [6, 6.07) is 2.02. The summed E-state index contributed by atoms with van der Waals surface area (Å²) in [6.45, 7) is 8.69. The zero-order chi connectivity index (χ0) is 12.1. The van der Waals surface area contributed by atoms with Gasteiger partial charge in [0.1, 0.15) is 11.6 Å². The van der Waals surface area contributed by atoms with E-state index in [1.54, 1.807) is 0 Å². The predicted molar refractivity (Wildman–Crippen MR) is 72.1 cm³/mol. The molecular weight excluding hydrogens is 218 g/mol. The first kappa shape index (κ1) is 13.3. The number of hydrogen-bond acceptors (Lipinski definition) is 4. The van der Waals surface area contributed by atoms with Crippen LogP contribution in [0.2, 0.25) is 0 Å². The van der Waals surface area contributed by atoms with Gasteiger partial charge in [-0.2, -0.15) is 11.8 Å². The van der Waals surface area contributed by atoms with Crippen molar-refractivity contribution in [2.45, 2.75) is 44.6 Å². The molecule has 90 valence electrons. The zero-order valence-corrected chi connectivity index (χ0v) is 11.6. The Balaban J connectivity index is 2.86. The molecule has 0 unspecified atom stereocenters. The Kier molecular flexibility index (Phi) is 5.06. The van der Waals surface area contributed by atoms with Crippen LogP contribution in [-0.2, 0) is 5.75 Å². The van der Waals surface area contributed by atoms with Gasteiger partial charge in [-0.1, -0.05) is 27.7 Å². The number of thioether (sulfide) groups is 1. The van der Waals surface area contributed by atoms with Crippen molar-refractivity contribution < 1.29 is 0 Å². The lowest BCUT2D eigenvalue weighted by Crippen LogP contribution is -2.04. The SMILES string of the molecule is CNc1cc(C(C)C)nc(CSC(C)C)n1. The maximum absolute atomic E-state index is 4.58. The molecule has 3 nitrogen and oxygen atoms in total. The molecule has 0 saturated heterocycles. The fraction of sp³-hybridized carbons (Fsp3) is 0.667. The molecule has 16 heavy (non-hydrogen) atoms. The van der Waals surface area contributed by atoms with Crippen LogP contribution >= 0.6 is 11.8 Å². The summed E-state index contributed by atoms with van der Waals surface area (Å²) in [7, 11) is 1.89. The van der Waals surface area contributed by atoms with Gasteiger partial charge in [-0.15, -0.1) is 0 Å². The van der Waals surface area contributed by atoms with E-state index in [9.17, 15) is 0 Å². The molecule has 0 aliphatic heterocycles. The van der Waals surface area contributed by atoms with Gasteiger partial charge in [0.15, 0.2) is 0 Å². The molecule has 1 aromatic rings. The molecule has 1 rings (SSSR count). The Morgan fingerprint density at radius 2 is 1.94 bits per heavy atom. The lowest BCUT2D eigenvalue weighted by molar-refractivity contribution is 0.800. The molecule has 0 aromatic carbocycles. The molecule has 0 aliphatic rings. The van der Waals surface area contributed by atoms with Crippen LogP contribution < -0.4 is 5.32 Å². The summed E-state index contributed by atoms with van der Waals surface area (Å²) in [5, 5.41) is 3.71. The minimum Gasteiger partial charge on any atom is -0.373 e. The van der Waals surface area contributed by atoms with E-state index in [4.69, 9.17) is 0 Å². The van der Waals surface area contributed by atoms with Crippen molar-refractivity contribution in [1.29, 1.82) is 0 Å². The molecule has 0 fully saturated rings. The van der Waals surface area contributed by atoms with Crippen molar-refractivity contribution in [2.75, 3.05) is 12.4 Å². The third-order valence-electron chi connectivity index (χ3n) is 2.19. The maximum Gasteiger partial charge on any atom is 0.140 e. The van der Waals surface area contributed by atoms with E-state index in [2.05, 4.69) is 43.0 Å². The molecule has 0 amide bonds. The molecule has 0 saturated carbocycles. The Bertz CT molecular complexity index is 337. The zero-order valence-electron chi connectivity index (χ0n) is 10.7. The molecule has 1 N–H and O–H groups in total. The van der Waals surface area contributed by atoms with E-state index >= 15 is 0 Å². The predicted octanol–water partition coefficient (Wildman–Crippen LogP) is 3.28. The summed E-state index contributed by atoms with van der Waals surface area (Å²) in [5.74, 6) is 3.16. The fourth-order valence-electron chi connectivity index (χ4n) is 1.25. The van der Waals surface area contributed by atoms with Crippen LogP contribution in [0.1, 0.15) is 45.1 Å². The minimum atomic E-state index is 0.442. The van der Waals surface area contributed by atoms with Crippen molar-refractivity contribution in [2.24, 2.45) is 0 Å². The number of rotatable bonds is 5. The lowest BCUT2D eigenvalue weighted by Gasteiger charge is -2.10. The van der Waals surface area contributed by atoms with Gasteiger partial charge in [0, 0.05) is 18.8 Å². The van der Waals surface area contributed by atoms with Crippen molar-refractivity contribution in [1.82, 2.24) is 9.97 Å². The fourth-order valence-corrected chi connectivity index (χ4v) is 1.86. The van der Waals surface area contributed by atoms with Crippen LogP contribution in [0.5, 0.6) is 0 Å². The highest BCUT2D eigenvalue weighted by atomic mass is 32.2. The Labute approximate surface area is 102 Å². The number of hydrogen-bond donors (Lipinski definition) is 1. The Hall–Kier alpha value is -0.770. The van der Waals surface area contributed by atoms with Gasteiger partial charge in [0.05, 0.1) is 5.75 Å². The summed E-state index contributed by atoms with van der Waals surface area (Å²) < 4.78 is 0. The van der Waals surface area contributed by atoms with Gasteiger partial charge in [0.25, 0.3) is 0 Å². The highest BCUT2D eigenvalue weighted by Crippen LogP contribution is 2.19. The number of aromatic nitrogens is 2. The highest BCUT2D eigenvalue weighted by molar-refractivity contribution is 7.99. The van der Waals surface area contributed by atoms with Gasteiger partial charge in [-0.3, -0.25) is 0 Å². The second kappa shape index (κ2) is 6.09. The number of nitrogens with zero attached hydrogens (tertiary/aromatic N) is 2. The first-order chi connectivity index (χ1) is 7.52. The third kappa shape index (κ3) is 4.00. The molecule has 0 radical (unpaired) electrons. The van der Waals surface area contributed by atoms with Crippen LogP contribution in [0.4, 0.5) is 5.82 Å². The van der Waals surface area contributed by atoms with Crippen molar-refractivity contribution in [3.8, 4) is 0 Å². The van der Waals surface area contributed by atoms with Crippen molar-refractivity contribution in [3.05, 3.63) is 17.6 Å². The van der Waals surface area contributed by atoms with Gasteiger partial charge < -0.3 is 5.32 Å². The molecular formula is C12H21N3S. The molecule has 4 heteroatoms. The smallest absolute Gasteiger partial charge is 0.140 e. The highest BCUT2D eigenvalue weighted by Gasteiger charge is 2.07. The second-order valence-electron chi connectivity index (χ2n) is 4.36. The van der Waals surface area contributed by atoms with Crippen LogP contribution in [0.15, 0.2) is 6.07 Å². The average molecular weight is 239 g/mol. The standard InChI is InChI=1S/C12H21N3S/c1-8(2)10-6-11(13-5)15-12(14-10)7-16-9(3)4/h6,8-9H,7H2,1-5H3,(H,13,14,15). The quantitative estimate of drug-likeness (QED) is 0.855. The van der Waals surface area contributed by atoms with Crippen molar-refractivity contribution in [3.63, 3.8) is 0 Å². The Morgan fingerprint density at radius 1 is 1.25 bits per heavy atom. The van der Waals surface area contributed by atoms with Crippen molar-refractivity contribution >= 4 is 17.6 Å². The van der Waals surface area contributed by atoms with Crippen LogP contribution in [0.3, 0.4) is 0 Å². The van der Waals surface area contributed by atoms with E-state index in [-0.39, 0.29) is 0 Å².